The summed E-state index contributed by atoms with van der Waals surface area (Å²) >= 11 is 0. The van der Waals surface area contributed by atoms with E-state index < -0.39 is 6.61 Å². The number of benzene rings is 2. The van der Waals surface area contributed by atoms with Gasteiger partial charge in [-0.2, -0.15) is 8.78 Å². The Hall–Kier alpha value is -2.63. The minimum Gasteiger partial charge on any atom is -0.435 e. The van der Waals surface area contributed by atoms with Gasteiger partial charge in [-0.15, -0.1) is 0 Å². The summed E-state index contributed by atoms with van der Waals surface area (Å²) in [5, 5.41) is 6.37. The molecule has 0 atom stereocenters. The predicted molar refractivity (Wildman–Crippen MR) is 91.4 cm³/mol. The maximum Gasteiger partial charge on any atom is 0.387 e. The molecule has 0 bridgehead atoms. The smallest absolute Gasteiger partial charge is 0.387 e. The molecule has 2 N–H and O–H groups in total. The van der Waals surface area contributed by atoms with Crippen molar-refractivity contribution in [2.24, 2.45) is 4.99 Å². The summed E-state index contributed by atoms with van der Waals surface area (Å²) in [6.07, 6.45) is 0.888. The van der Waals surface area contributed by atoms with Crippen molar-refractivity contribution in [2.75, 3.05) is 13.6 Å². The summed E-state index contributed by atoms with van der Waals surface area (Å²) in [5.74, 6) is 0.808. The van der Waals surface area contributed by atoms with Crippen LogP contribution < -0.4 is 15.4 Å². The van der Waals surface area contributed by atoms with Crippen molar-refractivity contribution in [2.45, 2.75) is 19.6 Å². The van der Waals surface area contributed by atoms with Gasteiger partial charge >= 0.3 is 6.61 Å². The highest BCUT2D eigenvalue weighted by Crippen LogP contribution is 2.15. The second-order valence-electron chi connectivity index (χ2n) is 5.11. The molecule has 0 amide bonds. The van der Waals surface area contributed by atoms with Gasteiger partial charge in [0.25, 0.3) is 0 Å². The molecule has 0 unspecified atom stereocenters. The number of hydrogen-bond acceptors (Lipinski definition) is 2. The van der Waals surface area contributed by atoms with Crippen LogP contribution in [0.1, 0.15) is 11.1 Å². The lowest BCUT2D eigenvalue weighted by molar-refractivity contribution is -0.0498. The topological polar surface area (TPSA) is 45.7 Å². The molecule has 0 aliphatic rings. The Bertz CT molecular complexity index is 648. The quantitative estimate of drug-likeness (QED) is 0.604. The second kappa shape index (κ2) is 9.50. The van der Waals surface area contributed by atoms with Gasteiger partial charge in [0.15, 0.2) is 5.96 Å². The zero-order valence-electron chi connectivity index (χ0n) is 13.5. The van der Waals surface area contributed by atoms with E-state index in [1.165, 1.54) is 11.6 Å². The van der Waals surface area contributed by atoms with E-state index in [-0.39, 0.29) is 5.75 Å². The standard InChI is InChI=1S/C18H21F2N3O/c1-21-18(22-11-10-14-6-3-2-4-7-14)23-13-15-8-5-9-16(12-15)24-17(19)20/h2-9,12,17H,10-11,13H2,1H3,(H2,21,22,23). The molecule has 0 heterocycles. The van der Waals surface area contributed by atoms with Gasteiger partial charge in [-0.05, 0) is 29.7 Å². The zero-order valence-corrected chi connectivity index (χ0v) is 13.5. The van der Waals surface area contributed by atoms with E-state index in [4.69, 9.17) is 0 Å². The summed E-state index contributed by atoms with van der Waals surface area (Å²) in [7, 11) is 1.69. The van der Waals surface area contributed by atoms with Gasteiger partial charge < -0.3 is 15.4 Å². The van der Waals surface area contributed by atoms with Crippen LogP contribution in [-0.2, 0) is 13.0 Å². The average Bonchev–Trinajstić information content (AvgIpc) is 2.58. The molecule has 0 radical (unpaired) electrons. The SMILES string of the molecule is CN=C(NCCc1ccccc1)NCc1cccc(OC(F)F)c1. The number of nitrogens with zero attached hydrogens (tertiary/aromatic N) is 1. The number of halogens is 2. The summed E-state index contributed by atoms with van der Waals surface area (Å²) in [4.78, 5) is 4.15. The van der Waals surface area contributed by atoms with Crippen LogP contribution >= 0.6 is 0 Å². The van der Waals surface area contributed by atoms with Crippen LogP contribution in [0.4, 0.5) is 8.78 Å². The molecule has 0 spiro atoms. The molecule has 0 fully saturated rings. The van der Waals surface area contributed by atoms with Crippen LogP contribution in [0.3, 0.4) is 0 Å². The Morgan fingerprint density at radius 1 is 1.04 bits per heavy atom. The molecule has 6 heteroatoms. The molecule has 24 heavy (non-hydrogen) atoms. The van der Waals surface area contributed by atoms with E-state index in [1.807, 2.05) is 24.3 Å². The lowest BCUT2D eigenvalue weighted by atomic mass is 10.1. The second-order valence-corrected chi connectivity index (χ2v) is 5.11. The van der Waals surface area contributed by atoms with Gasteiger partial charge in [0.05, 0.1) is 0 Å². The highest BCUT2D eigenvalue weighted by atomic mass is 19.3. The first-order chi connectivity index (χ1) is 11.7. The van der Waals surface area contributed by atoms with Crippen LogP contribution in [0.2, 0.25) is 0 Å². The molecule has 4 nitrogen and oxygen atoms in total. The van der Waals surface area contributed by atoms with E-state index in [9.17, 15) is 8.78 Å². The lowest BCUT2D eigenvalue weighted by Crippen LogP contribution is -2.37. The molecule has 0 aliphatic heterocycles. The van der Waals surface area contributed by atoms with Crippen molar-refractivity contribution in [1.82, 2.24) is 10.6 Å². The van der Waals surface area contributed by atoms with Gasteiger partial charge in [0, 0.05) is 20.1 Å². The fourth-order valence-electron chi connectivity index (χ4n) is 2.21. The molecule has 0 aliphatic carbocycles. The molecule has 128 valence electrons. The number of rotatable bonds is 7. The van der Waals surface area contributed by atoms with Crippen LogP contribution in [0.25, 0.3) is 0 Å². The van der Waals surface area contributed by atoms with Crippen molar-refractivity contribution < 1.29 is 13.5 Å². The summed E-state index contributed by atoms with van der Waals surface area (Å²) < 4.78 is 28.9. The minimum atomic E-state index is -2.82. The van der Waals surface area contributed by atoms with Gasteiger partial charge in [0.1, 0.15) is 5.75 Å². The molecular formula is C18H21F2N3O. The van der Waals surface area contributed by atoms with Gasteiger partial charge in [-0.25, -0.2) is 0 Å². The zero-order chi connectivity index (χ0) is 17.2. The number of nitrogens with one attached hydrogen (secondary N) is 2. The van der Waals surface area contributed by atoms with Crippen molar-refractivity contribution in [3.05, 3.63) is 65.7 Å². The average molecular weight is 333 g/mol. The summed E-state index contributed by atoms with van der Waals surface area (Å²) in [6.45, 7) is -1.61. The van der Waals surface area contributed by atoms with Crippen molar-refractivity contribution in [3.8, 4) is 5.75 Å². The monoisotopic (exact) mass is 333 g/mol. The number of aliphatic imine (C=N–C) groups is 1. The molecule has 2 aromatic rings. The van der Waals surface area contributed by atoms with Crippen molar-refractivity contribution in [1.29, 1.82) is 0 Å². The van der Waals surface area contributed by atoms with Crippen molar-refractivity contribution >= 4 is 5.96 Å². The first-order valence-corrected chi connectivity index (χ1v) is 7.69. The largest absolute Gasteiger partial charge is 0.435 e. The van der Waals surface area contributed by atoms with Crippen LogP contribution in [0.15, 0.2) is 59.6 Å². The Balaban J connectivity index is 1.79. The molecule has 0 saturated heterocycles. The van der Waals surface area contributed by atoms with Crippen molar-refractivity contribution in [3.63, 3.8) is 0 Å². The van der Waals surface area contributed by atoms with Crippen LogP contribution in [0.5, 0.6) is 5.75 Å². The molecule has 0 aromatic heterocycles. The van der Waals surface area contributed by atoms with Gasteiger partial charge in [-0.1, -0.05) is 42.5 Å². The number of ether oxygens (including phenoxy) is 1. The number of hydrogen-bond donors (Lipinski definition) is 2. The maximum atomic E-state index is 12.2. The van der Waals surface area contributed by atoms with E-state index >= 15 is 0 Å². The fourth-order valence-corrected chi connectivity index (χ4v) is 2.21. The Morgan fingerprint density at radius 2 is 1.79 bits per heavy atom. The normalized spacial score (nSPS) is 11.4. The number of alkyl halides is 2. The predicted octanol–water partition coefficient (Wildman–Crippen LogP) is 3.20. The fraction of sp³-hybridized carbons (Fsp3) is 0.278. The third-order valence-corrected chi connectivity index (χ3v) is 3.36. The molecular weight excluding hydrogens is 312 g/mol. The first-order valence-electron chi connectivity index (χ1n) is 7.69. The minimum absolute atomic E-state index is 0.149. The maximum absolute atomic E-state index is 12.2. The van der Waals surface area contributed by atoms with E-state index in [0.29, 0.717) is 12.5 Å². The molecule has 0 saturated carbocycles. The highest BCUT2D eigenvalue weighted by molar-refractivity contribution is 5.79. The van der Waals surface area contributed by atoms with E-state index in [2.05, 4.69) is 32.5 Å². The third kappa shape index (κ3) is 6.24. The van der Waals surface area contributed by atoms with Crippen LogP contribution in [-0.4, -0.2) is 26.2 Å². The van der Waals surface area contributed by atoms with Gasteiger partial charge in [-0.3, -0.25) is 4.99 Å². The van der Waals surface area contributed by atoms with Crippen LogP contribution in [0, 0.1) is 0 Å². The highest BCUT2D eigenvalue weighted by Gasteiger charge is 2.05. The summed E-state index contributed by atoms with van der Waals surface area (Å²) in [5.41, 5.74) is 2.08. The van der Waals surface area contributed by atoms with Gasteiger partial charge in [0.2, 0.25) is 0 Å². The third-order valence-electron chi connectivity index (χ3n) is 3.36. The lowest BCUT2D eigenvalue weighted by Gasteiger charge is -2.12. The Morgan fingerprint density at radius 3 is 2.50 bits per heavy atom. The Labute approximate surface area is 140 Å². The number of guanidine groups is 1. The Kier molecular flexibility index (Phi) is 7.01. The molecule has 2 rings (SSSR count). The first kappa shape index (κ1) is 17.7. The summed E-state index contributed by atoms with van der Waals surface area (Å²) in [6, 6.07) is 16.8. The van der Waals surface area contributed by atoms with E-state index in [1.54, 1.807) is 19.2 Å². The molecule has 2 aromatic carbocycles. The van der Waals surface area contributed by atoms with E-state index in [0.717, 1.165) is 18.5 Å².